The van der Waals surface area contributed by atoms with Gasteiger partial charge in [0.15, 0.2) is 0 Å². The quantitative estimate of drug-likeness (QED) is 0.863. The molecule has 1 aromatic rings. The van der Waals surface area contributed by atoms with Gasteiger partial charge in [0, 0.05) is 5.92 Å². The van der Waals surface area contributed by atoms with Crippen LogP contribution in [0.5, 0.6) is 0 Å². The molecule has 130 valence electrons. The van der Waals surface area contributed by atoms with Gasteiger partial charge < -0.3 is 10.4 Å². The van der Waals surface area contributed by atoms with Gasteiger partial charge in [-0.2, -0.15) is 13.2 Å². The maximum atomic E-state index is 13.1. The van der Waals surface area contributed by atoms with E-state index >= 15 is 0 Å². The zero-order valence-corrected chi connectivity index (χ0v) is 12.9. The minimum absolute atomic E-state index is 0.144. The third-order valence-electron chi connectivity index (χ3n) is 4.98. The van der Waals surface area contributed by atoms with Crippen molar-refractivity contribution < 1.29 is 27.9 Å². The number of amides is 1. The van der Waals surface area contributed by atoms with Gasteiger partial charge in [0.1, 0.15) is 0 Å². The summed E-state index contributed by atoms with van der Waals surface area (Å²) in [5.74, 6) is -2.28. The van der Waals surface area contributed by atoms with E-state index in [9.17, 15) is 22.8 Å². The van der Waals surface area contributed by atoms with Crippen molar-refractivity contribution in [1.29, 1.82) is 0 Å². The topological polar surface area (TPSA) is 66.4 Å². The fourth-order valence-corrected chi connectivity index (χ4v) is 3.50. The molecule has 0 aliphatic heterocycles. The summed E-state index contributed by atoms with van der Waals surface area (Å²) in [6, 6.07) is 5.31. The normalized spacial score (nSPS) is 24.8. The van der Waals surface area contributed by atoms with Crippen molar-refractivity contribution in [1.82, 2.24) is 5.32 Å². The average molecular weight is 341 g/mol. The first kappa shape index (κ1) is 16.8. The number of carboxylic acids is 1. The standard InChI is InChI=1S/C17H18F3NO3/c18-17(19,20)13-5-2-1-4-10(13)11-8-12(11)15(24)21-16(6-3-7-16)9-14(22)23/h1-2,4-5,11-12H,3,6-9H2,(H,21,24)(H,22,23). The second-order valence-electron chi connectivity index (χ2n) is 6.73. The number of halogens is 3. The highest BCUT2D eigenvalue weighted by molar-refractivity contribution is 5.84. The molecular formula is C17H18F3NO3. The van der Waals surface area contributed by atoms with Gasteiger partial charge in [0.05, 0.1) is 17.5 Å². The highest BCUT2D eigenvalue weighted by Crippen LogP contribution is 2.51. The Bertz CT molecular complexity index is 667. The number of nitrogens with one attached hydrogen (secondary N) is 1. The number of hydrogen-bond donors (Lipinski definition) is 2. The molecule has 0 saturated heterocycles. The summed E-state index contributed by atoms with van der Waals surface area (Å²) >= 11 is 0. The molecule has 2 unspecified atom stereocenters. The summed E-state index contributed by atoms with van der Waals surface area (Å²) in [4.78, 5) is 23.3. The molecule has 2 fully saturated rings. The maximum Gasteiger partial charge on any atom is 0.416 e. The van der Waals surface area contributed by atoms with Crippen LogP contribution in [-0.4, -0.2) is 22.5 Å². The van der Waals surface area contributed by atoms with Crippen LogP contribution in [0.1, 0.15) is 49.1 Å². The van der Waals surface area contributed by atoms with Gasteiger partial charge in [-0.25, -0.2) is 0 Å². The fraction of sp³-hybridized carbons (Fsp3) is 0.529. The van der Waals surface area contributed by atoms with Crippen molar-refractivity contribution >= 4 is 11.9 Å². The molecule has 4 nitrogen and oxygen atoms in total. The molecule has 1 amide bonds. The van der Waals surface area contributed by atoms with Crippen LogP contribution in [0.4, 0.5) is 13.2 Å². The minimum Gasteiger partial charge on any atom is -0.481 e. The van der Waals surface area contributed by atoms with Crippen LogP contribution >= 0.6 is 0 Å². The van der Waals surface area contributed by atoms with E-state index in [4.69, 9.17) is 5.11 Å². The van der Waals surface area contributed by atoms with Crippen molar-refractivity contribution in [3.05, 3.63) is 35.4 Å². The predicted molar refractivity (Wildman–Crippen MR) is 79.3 cm³/mol. The number of carbonyl (C=O) groups excluding carboxylic acids is 1. The Labute approximate surface area is 137 Å². The summed E-state index contributed by atoms with van der Waals surface area (Å²) in [5, 5.41) is 11.7. The molecule has 0 aromatic heterocycles. The van der Waals surface area contributed by atoms with Gasteiger partial charge in [-0.1, -0.05) is 18.2 Å². The highest BCUT2D eigenvalue weighted by Gasteiger charge is 2.50. The van der Waals surface area contributed by atoms with E-state index in [0.29, 0.717) is 19.3 Å². The Balaban J connectivity index is 1.70. The van der Waals surface area contributed by atoms with Crippen LogP contribution < -0.4 is 5.32 Å². The van der Waals surface area contributed by atoms with Gasteiger partial charge in [-0.15, -0.1) is 0 Å². The van der Waals surface area contributed by atoms with E-state index in [1.807, 2.05) is 0 Å². The SMILES string of the molecule is O=C(O)CC1(NC(=O)C2CC2c2ccccc2C(F)(F)F)CCC1. The van der Waals surface area contributed by atoms with Gasteiger partial charge >= 0.3 is 12.1 Å². The Morgan fingerprint density at radius 1 is 1.25 bits per heavy atom. The average Bonchev–Trinajstić information content (AvgIpc) is 3.24. The molecular weight excluding hydrogens is 323 g/mol. The molecule has 3 rings (SSSR count). The number of benzene rings is 1. The lowest BCUT2D eigenvalue weighted by atomic mass is 9.74. The van der Waals surface area contributed by atoms with Crippen molar-refractivity contribution in [2.45, 2.75) is 49.7 Å². The maximum absolute atomic E-state index is 13.1. The van der Waals surface area contributed by atoms with Crippen LogP contribution in [0.15, 0.2) is 24.3 Å². The van der Waals surface area contributed by atoms with Crippen molar-refractivity contribution in [2.24, 2.45) is 5.92 Å². The van der Waals surface area contributed by atoms with E-state index in [2.05, 4.69) is 5.32 Å². The van der Waals surface area contributed by atoms with Crippen LogP contribution in [-0.2, 0) is 15.8 Å². The lowest BCUT2D eigenvalue weighted by Crippen LogP contribution is -2.55. The van der Waals surface area contributed by atoms with E-state index in [-0.39, 0.29) is 17.9 Å². The molecule has 2 saturated carbocycles. The first-order valence-electron chi connectivity index (χ1n) is 7.92. The van der Waals surface area contributed by atoms with Crippen LogP contribution in [0.3, 0.4) is 0 Å². The predicted octanol–water partition coefficient (Wildman–Crippen LogP) is 3.32. The first-order chi connectivity index (χ1) is 11.2. The molecule has 2 aliphatic carbocycles. The Morgan fingerprint density at radius 2 is 1.92 bits per heavy atom. The lowest BCUT2D eigenvalue weighted by Gasteiger charge is -2.41. The smallest absolute Gasteiger partial charge is 0.416 e. The summed E-state index contributed by atoms with van der Waals surface area (Å²) in [6.45, 7) is 0. The molecule has 7 heteroatoms. The highest BCUT2D eigenvalue weighted by atomic mass is 19.4. The van der Waals surface area contributed by atoms with Gasteiger partial charge in [-0.3, -0.25) is 9.59 Å². The Kier molecular flexibility index (Phi) is 4.05. The number of aliphatic carboxylic acids is 1. The Hall–Kier alpha value is -2.05. The summed E-state index contributed by atoms with van der Waals surface area (Å²) < 4.78 is 39.2. The van der Waals surface area contributed by atoms with Crippen LogP contribution in [0, 0.1) is 5.92 Å². The molecule has 2 N–H and O–H groups in total. The van der Waals surface area contributed by atoms with Crippen LogP contribution in [0.2, 0.25) is 0 Å². The molecule has 24 heavy (non-hydrogen) atoms. The molecule has 2 atom stereocenters. The molecule has 2 aliphatic rings. The molecule has 0 radical (unpaired) electrons. The lowest BCUT2D eigenvalue weighted by molar-refractivity contribution is -0.141. The molecule has 1 aromatic carbocycles. The van der Waals surface area contributed by atoms with E-state index in [1.165, 1.54) is 18.2 Å². The van der Waals surface area contributed by atoms with Gasteiger partial charge in [0.2, 0.25) is 5.91 Å². The number of alkyl halides is 3. The van der Waals surface area contributed by atoms with Gasteiger partial charge in [-0.05, 0) is 43.2 Å². The molecule has 0 heterocycles. The first-order valence-corrected chi connectivity index (χ1v) is 7.92. The number of hydrogen-bond acceptors (Lipinski definition) is 2. The zero-order chi connectivity index (χ0) is 17.5. The zero-order valence-electron chi connectivity index (χ0n) is 12.9. The third-order valence-corrected chi connectivity index (χ3v) is 4.98. The van der Waals surface area contributed by atoms with E-state index in [1.54, 1.807) is 0 Å². The van der Waals surface area contributed by atoms with Crippen molar-refractivity contribution in [3.8, 4) is 0 Å². The Morgan fingerprint density at radius 3 is 2.46 bits per heavy atom. The fourth-order valence-electron chi connectivity index (χ4n) is 3.50. The number of rotatable bonds is 5. The van der Waals surface area contributed by atoms with E-state index in [0.717, 1.165) is 12.5 Å². The summed E-state index contributed by atoms with van der Waals surface area (Å²) in [6.07, 6.45) is -2.18. The molecule has 0 spiro atoms. The van der Waals surface area contributed by atoms with Crippen molar-refractivity contribution in [2.75, 3.05) is 0 Å². The monoisotopic (exact) mass is 341 g/mol. The van der Waals surface area contributed by atoms with Crippen molar-refractivity contribution in [3.63, 3.8) is 0 Å². The van der Waals surface area contributed by atoms with Crippen LogP contribution in [0.25, 0.3) is 0 Å². The second kappa shape index (κ2) is 5.79. The second-order valence-corrected chi connectivity index (χ2v) is 6.73. The molecule has 0 bridgehead atoms. The number of carboxylic acid groups (broad SMARTS) is 1. The van der Waals surface area contributed by atoms with Gasteiger partial charge in [0.25, 0.3) is 0 Å². The largest absolute Gasteiger partial charge is 0.481 e. The number of carbonyl (C=O) groups is 2. The summed E-state index contributed by atoms with van der Waals surface area (Å²) in [5.41, 5.74) is -1.28. The minimum atomic E-state index is -4.45. The third kappa shape index (κ3) is 3.25. The summed E-state index contributed by atoms with van der Waals surface area (Å²) in [7, 11) is 0. The van der Waals surface area contributed by atoms with E-state index < -0.39 is 35.1 Å².